The molecule has 0 unspecified atom stereocenters. The lowest BCUT2D eigenvalue weighted by Crippen LogP contribution is -2.37. The van der Waals surface area contributed by atoms with Crippen molar-refractivity contribution in [2.75, 3.05) is 13.2 Å². The monoisotopic (exact) mass is 273 g/mol. The van der Waals surface area contributed by atoms with Crippen LogP contribution in [0.5, 0.6) is 0 Å². The normalized spacial score (nSPS) is 13.5. The molecule has 0 aliphatic heterocycles. The van der Waals surface area contributed by atoms with Gasteiger partial charge in [0.05, 0.1) is 11.5 Å². The Hall–Kier alpha value is -0.950. The number of hydrogen-bond donors (Lipinski definition) is 3. The number of benzene rings is 1. The van der Waals surface area contributed by atoms with Gasteiger partial charge in [-0.05, 0) is 31.9 Å². The summed E-state index contributed by atoms with van der Waals surface area (Å²) >= 11 is 0. The zero-order chi connectivity index (χ0) is 13.6. The third kappa shape index (κ3) is 4.38. The first-order chi connectivity index (χ1) is 8.49. The number of rotatable bonds is 7. The molecule has 18 heavy (non-hydrogen) atoms. The van der Waals surface area contributed by atoms with E-state index in [-0.39, 0.29) is 18.1 Å². The average Bonchev–Trinajstić information content (AvgIpc) is 2.35. The maximum absolute atomic E-state index is 12.0. The molecule has 0 aliphatic rings. The summed E-state index contributed by atoms with van der Waals surface area (Å²) in [5, 5.41) is 17.8. The fraction of sp³-hybridized carbons (Fsp3) is 0.500. The van der Waals surface area contributed by atoms with Gasteiger partial charge in [-0.2, -0.15) is 0 Å². The number of hydrogen-bond acceptors (Lipinski definition) is 4. The second-order valence-corrected chi connectivity index (χ2v) is 5.89. The van der Waals surface area contributed by atoms with E-state index in [4.69, 9.17) is 10.2 Å². The van der Waals surface area contributed by atoms with Crippen molar-refractivity contribution in [3.63, 3.8) is 0 Å². The zero-order valence-electron chi connectivity index (χ0n) is 10.3. The summed E-state index contributed by atoms with van der Waals surface area (Å²) in [5.74, 6) is 0. The van der Waals surface area contributed by atoms with E-state index in [0.29, 0.717) is 12.8 Å². The van der Waals surface area contributed by atoms with Crippen LogP contribution in [0.4, 0.5) is 0 Å². The molecule has 3 N–H and O–H groups in total. The third-order valence-corrected chi connectivity index (χ3v) is 4.12. The quantitative estimate of drug-likeness (QED) is 0.671. The molecule has 0 saturated heterocycles. The second-order valence-electron chi connectivity index (χ2n) is 4.18. The molecule has 1 aromatic rings. The number of sulfonamides is 1. The van der Waals surface area contributed by atoms with Crippen molar-refractivity contribution >= 4 is 10.0 Å². The fourth-order valence-electron chi connectivity index (χ4n) is 1.53. The van der Waals surface area contributed by atoms with Gasteiger partial charge in [-0.15, -0.1) is 0 Å². The molecule has 1 rings (SSSR count). The minimum absolute atomic E-state index is 0.0250. The Kier molecular flexibility index (Phi) is 5.74. The summed E-state index contributed by atoms with van der Waals surface area (Å²) < 4.78 is 26.4. The van der Waals surface area contributed by atoms with Crippen molar-refractivity contribution < 1.29 is 18.6 Å². The van der Waals surface area contributed by atoms with Gasteiger partial charge in [0.1, 0.15) is 0 Å². The van der Waals surface area contributed by atoms with E-state index < -0.39 is 16.1 Å². The van der Waals surface area contributed by atoms with Gasteiger partial charge in [0.2, 0.25) is 10.0 Å². The Morgan fingerprint density at radius 3 is 2.33 bits per heavy atom. The van der Waals surface area contributed by atoms with E-state index in [0.717, 1.165) is 5.56 Å². The maximum Gasteiger partial charge on any atom is 0.240 e. The lowest BCUT2D eigenvalue weighted by Gasteiger charge is -2.16. The third-order valence-electron chi connectivity index (χ3n) is 2.58. The first-order valence-corrected chi connectivity index (χ1v) is 7.28. The van der Waals surface area contributed by atoms with E-state index in [2.05, 4.69) is 4.72 Å². The van der Waals surface area contributed by atoms with E-state index in [1.807, 2.05) is 6.92 Å². The molecule has 0 aliphatic carbocycles. The lowest BCUT2D eigenvalue weighted by atomic mass is 10.2. The van der Waals surface area contributed by atoms with Gasteiger partial charge < -0.3 is 10.2 Å². The highest BCUT2D eigenvalue weighted by Gasteiger charge is 2.18. The molecular weight excluding hydrogens is 254 g/mol. The summed E-state index contributed by atoms with van der Waals surface area (Å²) in [5.41, 5.74) is 0.980. The van der Waals surface area contributed by atoms with Crippen LogP contribution in [0.25, 0.3) is 0 Å². The predicted octanol–water partition coefficient (Wildman–Crippen LogP) is 0.407. The number of aryl methyl sites for hydroxylation is 1. The lowest BCUT2D eigenvalue weighted by molar-refractivity contribution is 0.230. The maximum atomic E-state index is 12.0. The summed E-state index contributed by atoms with van der Waals surface area (Å²) in [6.45, 7) is 1.56. The van der Waals surface area contributed by atoms with Crippen LogP contribution in [0.15, 0.2) is 29.2 Å². The molecule has 0 saturated carbocycles. The molecule has 0 heterocycles. The first-order valence-electron chi connectivity index (χ1n) is 5.80. The standard InChI is InChI=1S/C12H19NO4S/c1-10-4-6-12(7-5-10)18(16,17)13-11(9-15)3-2-8-14/h4-7,11,13-15H,2-3,8-9H2,1H3/t11-/m0/s1. The fourth-order valence-corrected chi connectivity index (χ4v) is 2.79. The van der Waals surface area contributed by atoms with Crippen molar-refractivity contribution in [1.29, 1.82) is 0 Å². The highest BCUT2D eigenvalue weighted by atomic mass is 32.2. The van der Waals surface area contributed by atoms with Crippen molar-refractivity contribution in [2.24, 2.45) is 0 Å². The molecule has 0 spiro atoms. The van der Waals surface area contributed by atoms with Crippen LogP contribution in [0.2, 0.25) is 0 Å². The van der Waals surface area contributed by atoms with Gasteiger partial charge in [0, 0.05) is 12.6 Å². The van der Waals surface area contributed by atoms with Crippen molar-refractivity contribution in [2.45, 2.75) is 30.7 Å². The van der Waals surface area contributed by atoms with Gasteiger partial charge in [-0.25, -0.2) is 13.1 Å². The molecule has 5 nitrogen and oxygen atoms in total. The number of aliphatic hydroxyl groups excluding tert-OH is 2. The van der Waals surface area contributed by atoms with E-state index in [1.54, 1.807) is 12.1 Å². The van der Waals surface area contributed by atoms with Gasteiger partial charge in [-0.1, -0.05) is 17.7 Å². The van der Waals surface area contributed by atoms with Crippen LogP contribution in [0, 0.1) is 6.92 Å². The number of nitrogens with one attached hydrogen (secondary N) is 1. The molecule has 102 valence electrons. The number of aliphatic hydroxyl groups is 2. The molecule has 0 amide bonds. The molecule has 0 fully saturated rings. The Morgan fingerprint density at radius 2 is 1.83 bits per heavy atom. The summed E-state index contributed by atoms with van der Waals surface area (Å²) in [6.07, 6.45) is 0.847. The van der Waals surface area contributed by atoms with E-state index >= 15 is 0 Å². The molecular formula is C12H19NO4S. The topological polar surface area (TPSA) is 86.6 Å². The Balaban J connectivity index is 2.77. The minimum atomic E-state index is -3.61. The SMILES string of the molecule is Cc1ccc(S(=O)(=O)N[C@H](CO)CCCO)cc1. The summed E-state index contributed by atoms with van der Waals surface area (Å²) in [6, 6.07) is 5.92. The average molecular weight is 273 g/mol. The highest BCUT2D eigenvalue weighted by molar-refractivity contribution is 7.89. The van der Waals surface area contributed by atoms with Gasteiger partial charge in [-0.3, -0.25) is 0 Å². The van der Waals surface area contributed by atoms with Crippen molar-refractivity contribution in [3.8, 4) is 0 Å². The van der Waals surface area contributed by atoms with Gasteiger partial charge in [0.15, 0.2) is 0 Å². The van der Waals surface area contributed by atoms with Crippen LogP contribution in [0.3, 0.4) is 0 Å². The second kappa shape index (κ2) is 6.84. The molecule has 1 aromatic carbocycles. The predicted molar refractivity (Wildman–Crippen MR) is 68.7 cm³/mol. The molecule has 6 heteroatoms. The Bertz CT molecular complexity index is 455. The largest absolute Gasteiger partial charge is 0.396 e. The van der Waals surface area contributed by atoms with Crippen LogP contribution in [-0.2, 0) is 10.0 Å². The Morgan fingerprint density at radius 1 is 1.22 bits per heavy atom. The molecule has 0 bridgehead atoms. The van der Waals surface area contributed by atoms with Crippen molar-refractivity contribution in [3.05, 3.63) is 29.8 Å². The van der Waals surface area contributed by atoms with Gasteiger partial charge >= 0.3 is 0 Å². The Labute approximate surface area is 108 Å². The first kappa shape index (κ1) is 15.1. The summed E-state index contributed by atoms with van der Waals surface area (Å²) in [4.78, 5) is 0.176. The summed E-state index contributed by atoms with van der Waals surface area (Å²) in [7, 11) is -3.61. The van der Waals surface area contributed by atoms with Crippen LogP contribution in [0.1, 0.15) is 18.4 Å². The molecule has 1 atom stereocenters. The zero-order valence-corrected chi connectivity index (χ0v) is 11.2. The van der Waals surface area contributed by atoms with Crippen LogP contribution >= 0.6 is 0 Å². The van der Waals surface area contributed by atoms with E-state index in [1.165, 1.54) is 12.1 Å². The highest BCUT2D eigenvalue weighted by Crippen LogP contribution is 2.11. The van der Waals surface area contributed by atoms with Crippen molar-refractivity contribution in [1.82, 2.24) is 4.72 Å². The molecule has 0 radical (unpaired) electrons. The van der Waals surface area contributed by atoms with Crippen LogP contribution in [-0.4, -0.2) is 37.9 Å². The van der Waals surface area contributed by atoms with E-state index in [9.17, 15) is 8.42 Å². The molecule has 0 aromatic heterocycles. The minimum Gasteiger partial charge on any atom is -0.396 e. The van der Waals surface area contributed by atoms with Gasteiger partial charge in [0.25, 0.3) is 0 Å². The van der Waals surface area contributed by atoms with Crippen LogP contribution < -0.4 is 4.72 Å². The smallest absolute Gasteiger partial charge is 0.240 e.